The molecule has 0 bridgehead atoms. The topological polar surface area (TPSA) is 32.3 Å². The minimum Gasteiger partial charge on any atom is -0.372 e. The Hall–Kier alpha value is -1.88. The van der Waals surface area contributed by atoms with Crippen molar-refractivity contribution in [2.45, 2.75) is 19.8 Å². The predicted octanol–water partition coefficient (Wildman–Crippen LogP) is 4.75. The van der Waals surface area contributed by atoms with Gasteiger partial charge in [0.05, 0.1) is 5.56 Å². The monoisotopic (exact) mass is 376 g/mol. The van der Waals surface area contributed by atoms with Gasteiger partial charge in [-0.2, -0.15) is 0 Å². The molecule has 1 saturated heterocycles. The molecule has 3 nitrogen and oxygen atoms in total. The van der Waals surface area contributed by atoms with Crippen LogP contribution in [-0.2, 0) is 0 Å². The molecule has 23 heavy (non-hydrogen) atoms. The average Bonchev–Trinajstić information content (AvgIpc) is 3.06. The van der Waals surface area contributed by atoms with E-state index in [-0.39, 0.29) is 11.5 Å². The number of hydrogen-bond donors (Lipinski definition) is 1. The third kappa shape index (κ3) is 3.55. The first-order valence-electron chi connectivity index (χ1n) is 7.66. The number of benzene rings is 2. The Morgan fingerprint density at radius 3 is 2.61 bits per heavy atom. The smallest absolute Gasteiger partial charge is 0.256 e. The fourth-order valence-corrected chi connectivity index (χ4v) is 3.25. The van der Waals surface area contributed by atoms with Gasteiger partial charge in [0, 0.05) is 28.9 Å². The van der Waals surface area contributed by atoms with E-state index in [4.69, 9.17) is 0 Å². The van der Waals surface area contributed by atoms with Gasteiger partial charge in [-0.15, -0.1) is 0 Å². The predicted molar refractivity (Wildman–Crippen MR) is 94.7 cm³/mol. The van der Waals surface area contributed by atoms with Crippen LogP contribution in [0, 0.1) is 12.7 Å². The standard InChI is InChI=1S/C18H18BrFN2O/c1-12-10-14(22-8-2-3-9-22)5-7-17(12)21-18(23)15-11-13(20)4-6-16(15)19/h4-7,10-11H,2-3,8-9H2,1H3,(H,21,23). The van der Waals surface area contributed by atoms with E-state index in [9.17, 15) is 9.18 Å². The van der Waals surface area contributed by atoms with Crippen molar-refractivity contribution in [1.82, 2.24) is 0 Å². The molecule has 1 N–H and O–H groups in total. The zero-order valence-electron chi connectivity index (χ0n) is 12.9. The summed E-state index contributed by atoms with van der Waals surface area (Å²) in [6.07, 6.45) is 2.45. The van der Waals surface area contributed by atoms with Crippen LogP contribution in [0.3, 0.4) is 0 Å². The van der Waals surface area contributed by atoms with E-state index < -0.39 is 5.82 Å². The number of halogens is 2. The molecule has 1 aliphatic heterocycles. The quantitative estimate of drug-likeness (QED) is 0.837. The molecule has 0 aromatic heterocycles. The molecule has 5 heteroatoms. The minimum absolute atomic E-state index is 0.285. The Bertz CT molecular complexity index is 742. The summed E-state index contributed by atoms with van der Waals surface area (Å²) < 4.78 is 13.9. The number of amides is 1. The van der Waals surface area contributed by atoms with Crippen LogP contribution in [0.25, 0.3) is 0 Å². The van der Waals surface area contributed by atoms with Crippen LogP contribution in [0.2, 0.25) is 0 Å². The number of anilines is 2. The van der Waals surface area contributed by atoms with Crippen LogP contribution in [-0.4, -0.2) is 19.0 Å². The zero-order chi connectivity index (χ0) is 16.4. The summed E-state index contributed by atoms with van der Waals surface area (Å²) in [5, 5.41) is 2.86. The maximum atomic E-state index is 13.3. The lowest BCUT2D eigenvalue weighted by atomic mass is 10.1. The number of nitrogens with one attached hydrogen (secondary N) is 1. The van der Waals surface area contributed by atoms with Crippen molar-refractivity contribution >= 4 is 33.2 Å². The van der Waals surface area contributed by atoms with Crippen molar-refractivity contribution in [3.05, 3.63) is 57.8 Å². The molecule has 0 saturated carbocycles. The van der Waals surface area contributed by atoms with E-state index in [0.29, 0.717) is 4.47 Å². The molecule has 0 unspecified atom stereocenters. The second kappa shape index (κ2) is 6.71. The largest absolute Gasteiger partial charge is 0.372 e. The van der Waals surface area contributed by atoms with Crippen LogP contribution in [0.15, 0.2) is 40.9 Å². The summed E-state index contributed by atoms with van der Waals surface area (Å²) in [6, 6.07) is 10.1. The van der Waals surface area contributed by atoms with Crippen LogP contribution in [0.1, 0.15) is 28.8 Å². The normalized spacial score (nSPS) is 14.1. The van der Waals surface area contributed by atoms with Crippen molar-refractivity contribution in [2.75, 3.05) is 23.3 Å². The lowest BCUT2D eigenvalue weighted by Crippen LogP contribution is -2.18. The third-order valence-electron chi connectivity index (χ3n) is 4.10. The molecular weight excluding hydrogens is 359 g/mol. The molecule has 0 aliphatic carbocycles. The summed E-state index contributed by atoms with van der Waals surface area (Å²) in [7, 11) is 0. The lowest BCUT2D eigenvalue weighted by Gasteiger charge is -2.19. The summed E-state index contributed by atoms with van der Waals surface area (Å²) >= 11 is 3.29. The van der Waals surface area contributed by atoms with E-state index in [0.717, 1.165) is 24.3 Å². The second-order valence-corrected chi connectivity index (χ2v) is 6.63. The Morgan fingerprint density at radius 2 is 1.91 bits per heavy atom. The lowest BCUT2D eigenvalue weighted by molar-refractivity contribution is 0.102. The number of aryl methyl sites for hydroxylation is 1. The van der Waals surface area contributed by atoms with Gasteiger partial charge in [-0.25, -0.2) is 4.39 Å². The van der Waals surface area contributed by atoms with Gasteiger partial charge >= 0.3 is 0 Å². The van der Waals surface area contributed by atoms with Gasteiger partial charge in [0.1, 0.15) is 5.82 Å². The zero-order valence-corrected chi connectivity index (χ0v) is 14.5. The fourth-order valence-electron chi connectivity index (χ4n) is 2.82. The van der Waals surface area contributed by atoms with E-state index in [1.54, 1.807) is 0 Å². The maximum Gasteiger partial charge on any atom is 0.256 e. The highest BCUT2D eigenvalue weighted by molar-refractivity contribution is 9.10. The third-order valence-corrected chi connectivity index (χ3v) is 4.79. The van der Waals surface area contributed by atoms with Gasteiger partial charge < -0.3 is 10.2 Å². The SMILES string of the molecule is Cc1cc(N2CCCC2)ccc1NC(=O)c1cc(F)ccc1Br. The van der Waals surface area contributed by atoms with Gasteiger partial charge in [0.2, 0.25) is 0 Å². The average molecular weight is 377 g/mol. The maximum absolute atomic E-state index is 13.3. The van der Waals surface area contributed by atoms with E-state index in [1.807, 2.05) is 19.1 Å². The Kier molecular flexibility index (Phi) is 4.66. The highest BCUT2D eigenvalue weighted by Crippen LogP contribution is 2.26. The molecule has 1 aliphatic rings. The van der Waals surface area contributed by atoms with Crippen LogP contribution < -0.4 is 10.2 Å². The molecule has 120 valence electrons. The Balaban J connectivity index is 1.79. The van der Waals surface area contributed by atoms with Crippen molar-refractivity contribution < 1.29 is 9.18 Å². The highest BCUT2D eigenvalue weighted by Gasteiger charge is 2.15. The molecular formula is C18H18BrFN2O. The van der Waals surface area contributed by atoms with Gasteiger partial charge in [-0.3, -0.25) is 4.79 Å². The van der Waals surface area contributed by atoms with Crippen LogP contribution in [0.4, 0.5) is 15.8 Å². The van der Waals surface area contributed by atoms with Crippen molar-refractivity contribution in [1.29, 1.82) is 0 Å². The van der Waals surface area contributed by atoms with E-state index >= 15 is 0 Å². The summed E-state index contributed by atoms with van der Waals surface area (Å²) in [6.45, 7) is 4.14. The number of carbonyl (C=O) groups is 1. The molecule has 3 rings (SSSR count). The molecule has 1 amide bonds. The molecule has 0 radical (unpaired) electrons. The van der Waals surface area contributed by atoms with Gasteiger partial charge in [-0.1, -0.05) is 0 Å². The fraction of sp³-hybridized carbons (Fsp3) is 0.278. The minimum atomic E-state index is -0.431. The van der Waals surface area contributed by atoms with Crippen LogP contribution >= 0.6 is 15.9 Å². The summed E-state index contributed by atoms with van der Waals surface area (Å²) in [5.74, 6) is -0.757. The van der Waals surface area contributed by atoms with Crippen LogP contribution in [0.5, 0.6) is 0 Å². The van der Waals surface area contributed by atoms with Gasteiger partial charge in [-0.05, 0) is 77.7 Å². The molecule has 0 atom stereocenters. The summed E-state index contributed by atoms with van der Waals surface area (Å²) in [5.41, 5.74) is 3.21. The molecule has 2 aromatic carbocycles. The van der Waals surface area contributed by atoms with E-state index in [2.05, 4.69) is 32.2 Å². The number of hydrogen-bond acceptors (Lipinski definition) is 2. The van der Waals surface area contributed by atoms with Crippen molar-refractivity contribution in [3.63, 3.8) is 0 Å². The Morgan fingerprint density at radius 1 is 1.17 bits per heavy atom. The number of nitrogens with zero attached hydrogens (tertiary/aromatic N) is 1. The second-order valence-electron chi connectivity index (χ2n) is 5.77. The molecule has 2 aromatic rings. The highest BCUT2D eigenvalue weighted by atomic mass is 79.9. The van der Waals surface area contributed by atoms with Gasteiger partial charge in [0.15, 0.2) is 0 Å². The van der Waals surface area contributed by atoms with E-state index in [1.165, 1.54) is 36.7 Å². The Labute approximate surface area is 143 Å². The first-order valence-corrected chi connectivity index (χ1v) is 8.46. The first-order chi connectivity index (χ1) is 11.0. The van der Waals surface area contributed by atoms with Crippen molar-refractivity contribution in [3.8, 4) is 0 Å². The number of rotatable bonds is 3. The summed E-state index contributed by atoms with van der Waals surface area (Å²) in [4.78, 5) is 14.7. The molecule has 1 heterocycles. The number of carbonyl (C=O) groups excluding carboxylic acids is 1. The molecule has 0 spiro atoms. The van der Waals surface area contributed by atoms with Crippen molar-refractivity contribution in [2.24, 2.45) is 0 Å². The van der Waals surface area contributed by atoms with Gasteiger partial charge in [0.25, 0.3) is 5.91 Å². The molecule has 1 fully saturated rings. The first kappa shape index (κ1) is 16.0.